The van der Waals surface area contributed by atoms with Gasteiger partial charge in [0.25, 0.3) is 0 Å². The van der Waals surface area contributed by atoms with Gasteiger partial charge in [-0.05, 0) is 47.9 Å². The fraction of sp³-hybridized carbons (Fsp3) is 0.639. The van der Waals surface area contributed by atoms with Gasteiger partial charge in [0.15, 0.2) is 0 Å². The summed E-state index contributed by atoms with van der Waals surface area (Å²) in [5.74, 6) is 0. The first kappa shape index (κ1) is 31.3. The molecule has 0 saturated carbocycles. The molecular weight excluding hydrogens is 448 g/mol. The standard InChI is InChI=1S/C36H56O/c1-5-7-9-11-13-14-15-16-18-23-27-34-31(24-20-17-12-10-8-6-2)28-29-32(30-37)35(34)36(3,4)33-25-21-19-22-26-33/h19,21-22,25-26,28-30H,5-18,20,23-24,27H2,1-4H3. The van der Waals surface area contributed by atoms with Gasteiger partial charge in [-0.1, -0.05) is 160 Å². The predicted molar refractivity (Wildman–Crippen MR) is 163 cm³/mol. The van der Waals surface area contributed by atoms with Crippen LogP contribution >= 0.6 is 0 Å². The van der Waals surface area contributed by atoms with E-state index in [1.165, 1.54) is 125 Å². The molecule has 0 heterocycles. The lowest BCUT2D eigenvalue weighted by Crippen LogP contribution is -2.24. The van der Waals surface area contributed by atoms with Crippen molar-refractivity contribution in [3.63, 3.8) is 0 Å². The van der Waals surface area contributed by atoms with Crippen LogP contribution in [-0.2, 0) is 18.3 Å². The smallest absolute Gasteiger partial charge is 0.150 e. The fourth-order valence-electron chi connectivity index (χ4n) is 5.95. The summed E-state index contributed by atoms with van der Waals surface area (Å²) in [5, 5.41) is 0. The Morgan fingerprint density at radius 1 is 0.595 bits per heavy atom. The van der Waals surface area contributed by atoms with Crippen LogP contribution in [0.3, 0.4) is 0 Å². The van der Waals surface area contributed by atoms with Crippen LogP contribution < -0.4 is 0 Å². The number of carbonyl (C=O) groups is 1. The molecule has 2 aromatic rings. The average molecular weight is 505 g/mol. The molecule has 0 bridgehead atoms. The number of carbonyl (C=O) groups excluding carboxylic acids is 1. The average Bonchev–Trinajstić information content (AvgIpc) is 2.92. The molecule has 0 aliphatic carbocycles. The normalized spacial score (nSPS) is 11.7. The molecule has 0 atom stereocenters. The van der Waals surface area contributed by atoms with Gasteiger partial charge in [-0.2, -0.15) is 0 Å². The summed E-state index contributed by atoms with van der Waals surface area (Å²) in [7, 11) is 0. The zero-order valence-electron chi connectivity index (χ0n) is 24.8. The van der Waals surface area contributed by atoms with Crippen molar-refractivity contribution >= 4 is 6.29 Å². The molecule has 0 unspecified atom stereocenters. The SMILES string of the molecule is CCCCCCCCCCCCc1c(CCCCCCCC)ccc(C=O)c1C(C)(C)c1ccccc1. The van der Waals surface area contributed by atoms with Crippen molar-refractivity contribution in [2.75, 3.05) is 0 Å². The molecule has 0 aliphatic heterocycles. The zero-order chi connectivity index (χ0) is 26.8. The molecule has 0 fully saturated rings. The highest BCUT2D eigenvalue weighted by Gasteiger charge is 2.29. The van der Waals surface area contributed by atoms with Gasteiger partial charge in [-0.3, -0.25) is 4.79 Å². The van der Waals surface area contributed by atoms with Crippen LogP contribution in [0.25, 0.3) is 0 Å². The minimum absolute atomic E-state index is 0.192. The van der Waals surface area contributed by atoms with Crippen molar-refractivity contribution in [2.24, 2.45) is 0 Å². The second-order valence-corrected chi connectivity index (χ2v) is 11.7. The Hall–Kier alpha value is -1.89. The highest BCUT2D eigenvalue weighted by atomic mass is 16.1. The van der Waals surface area contributed by atoms with Crippen molar-refractivity contribution in [1.29, 1.82) is 0 Å². The Bertz CT molecular complexity index is 864. The lowest BCUT2D eigenvalue weighted by atomic mass is 9.72. The van der Waals surface area contributed by atoms with E-state index in [4.69, 9.17) is 0 Å². The van der Waals surface area contributed by atoms with Crippen LogP contribution in [0, 0.1) is 0 Å². The predicted octanol–water partition coefficient (Wildman–Crippen LogP) is 11.2. The first-order chi connectivity index (χ1) is 18.1. The van der Waals surface area contributed by atoms with Gasteiger partial charge in [-0.25, -0.2) is 0 Å². The van der Waals surface area contributed by atoms with E-state index in [9.17, 15) is 4.79 Å². The maximum Gasteiger partial charge on any atom is 0.150 e. The molecule has 0 aliphatic rings. The second kappa shape index (κ2) is 18.4. The summed E-state index contributed by atoms with van der Waals surface area (Å²) in [5.41, 5.74) is 6.19. The lowest BCUT2D eigenvalue weighted by Gasteiger charge is -2.31. The van der Waals surface area contributed by atoms with E-state index in [1.54, 1.807) is 0 Å². The Morgan fingerprint density at radius 3 is 1.59 bits per heavy atom. The van der Waals surface area contributed by atoms with Crippen molar-refractivity contribution in [3.8, 4) is 0 Å². The van der Waals surface area contributed by atoms with Gasteiger partial charge >= 0.3 is 0 Å². The number of hydrogen-bond donors (Lipinski definition) is 0. The number of rotatable bonds is 21. The van der Waals surface area contributed by atoms with Gasteiger partial charge in [0.2, 0.25) is 0 Å². The van der Waals surface area contributed by atoms with Crippen LogP contribution in [0.4, 0.5) is 0 Å². The van der Waals surface area contributed by atoms with E-state index in [2.05, 4.69) is 70.2 Å². The lowest BCUT2D eigenvalue weighted by molar-refractivity contribution is 0.112. The highest BCUT2D eigenvalue weighted by Crippen LogP contribution is 2.38. The highest BCUT2D eigenvalue weighted by molar-refractivity contribution is 5.80. The molecule has 0 aromatic heterocycles. The second-order valence-electron chi connectivity index (χ2n) is 11.7. The number of unbranched alkanes of at least 4 members (excludes halogenated alkanes) is 14. The molecule has 1 heteroatoms. The van der Waals surface area contributed by atoms with Crippen LogP contribution in [0.1, 0.15) is 163 Å². The summed E-state index contributed by atoms with van der Waals surface area (Å²) >= 11 is 0. The fourth-order valence-corrected chi connectivity index (χ4v) is 5.95. The Morgan fingerprint density at radius 2 is 1.08 bits per heavy atom. The molecule has 1 nitrogen and oxygen atoms in total. The number of benzene rings is 2. The molecule has 206 valence electrons. The van der Waals surface area contributed by atoms with Gasteiger partial charge in [-0.15, -0.1) is 0 Å². The first-order valence-electron chi connectivity index (χ1n) is 15.7. The van der Waals surface area contributed by atoms with E-state index < -0.39 is 0 Å². The Balaban J connectivity index is 2.13. The minimum Gasteiger partial charge on any atom is -0.298 e. The summed E-state index contributed by atoms with van der Waals surface area (Å²) in [6.07, 6.45) is 24.8. The quantitative estimate of drug-likeness (QED) is 0.122. The van der Waals surface area contributed by atoms with Crippen LogP contribution in [-0.4, -0.2) is 6.29 Å². The topological polar surface area (TPSA) is 17.1 Å². The summed E-state index contributed by atoms with van der Waals surface area (Å²) in [6, 6.07) is 15.1. The van der Waals surface area contributed by atoms with Gasteiger partial charge in [0, 0.05) is 11.0 Å². The first-order valence-corrected chi connectivity index (χ1v) is 15.7. The Labute approximate surface area is 229 Å². The van der Waals surface area contributed by atoms with Crippen LogP contribution in [0.5, 0.6) is 0 Å². The molecule has 37 heavy (non-hydrogen) atoms. The molecule has 2 aromatic carbocycles. The maximum atomic E-state index is 12.3. The maximum absolute atomic E-state index is 12.3. The third kappa shape index (κ3) is 10.8. The van der Waals surface area contributed by atoms with Crippen LogP contribution in [0.15, 0.2) is 42.5 Å². The summed E-state index contributed by atoms with van der Waals surface area (Å²) in [6.45, 7) is 9.18. The third-order valence-corrected chi connectivity index (χ3v) is 8.27. The number of hydrogen-bond acceptors (Lipinski definition) is 1. The van der Waals surface area contributed by atoms with Crippen molar-refractivity contribution in [1.82, 2.24) is 0 Å². The van der Waals surface area contributed by atoms with Crippen molar-refractivity contribution in [2.45, 2.75) is 149 Å². The van der Waals surface area contributed by atoms with Crippen LogP contribution in [0.2, 0.25) is 0 Å². The molecule has 0 amide bonds. The summed E-state index contributed by atoms with van der Waals surface area (Å²) in [4.78, 5) is 12.3. The van der Waals surface area contributed by atoms with E-state index in [-0.39, 0.29) is 5.41 Å². The van der Waals surface area contributed by atoms with Gasteiger partial charge < -0.3 is 0 Å². The monoisotopic (exact) mass is 504 g/mol. The molecule has 0 N–H and O–H groups in total. The van der Waals surface area contributed by atoms with Gasteiger partial charge in [0.1, 0.15) is 6.29 Å². The summed E-state index contributed by atoms with van der Waals surface area (Å²) < 4.78 is 0. The molecule has 0 saturated heterocycles. The van der Waals surface area contributed by atoms with Gasteiger partial charge in [0.05, 0.1) is 0 Å². The molecular formula is C36H56O. The molecule has 0 radical (unpaired) electrons. The minimum atomic E-state index is -0.192. The van der Waals surface area contributed by atoms with E-state index in [0.717, 1.165) is 24.7 Å². The third-order valence-electron chi connectivity index (χ3n) is 8.27. The number of aldehydes is 1. The zero-order valence-corrected chi connectivity index (χ0v) is 24.8. The van der Waals surface area contributed by atoms with Crippen molar-refractivity contribution < 1.29 is 4.79 Å². The molecule has 0 spiro atoms. The largest absolute Gasteiger partial charge is 0.298 e. The van der Waals surface area contributed by atoms with Crippen molar-refractivity contribution in [3.05, 3.63) is 70.3 Å². The molecule has 2 rings (SSSR count). The number of aryl methyl sites for hydroxylation is 1. The Kier molecular flexibility index (Phi) is 15.6. The van der Waals surface area contributed by atoms with E-state index >= 15 is 0 Å². The van der Waals surface area contributed by atoms with E-state index in [1.807, 2.05) is 0 Å². The van der Waals surface area contributed by atoms with E-state index in [0.29, 0.717) is 0 Å².